The van der Waals surface area contributed by atoms with Crippen LogP contribution in [0, 0.1) is 0 Å². The van der Waals surface area contributed by atoms with Crippen LogP contribution in [-0.2, 0) is 15.2 Å². The SMILES string of the molecule is CN1C(=O)C(=O)C(O)(c2ccccc2)c2ccccc21. The summed E-state index contributed by atoms with van der Waals surface area (Å²) in [4.78, 5) is 25.7. The van der Waals surface area contributed by atoms with E-state index in [1.165, 1.54) is 11.9 Å². The van der Waals surface area contributed by atoms with Gasteiger partial charge in [0, 0.05) is 12.6 Å². The number of aliphatic hydroxyl groups is 1. The third-order valence-corrected chi connectivity index (χ3v) is 3.67. The predicted molar refractivity (Wildman–Crippen MR) is 74.3 cm³/mol. The number of ketones is 1. The molecule has 0 spiro atoms. The molecule has 20 heavy (non-hydrogen) atoms. The summed E-state index contributed by atoms with van der Waals surface area (Å²) in [6.45, 7) is 0. The number of likely N-dealkylation sites (N-methyl/N-ethyl adjacent to an activating group) is 1. The van der Waals surface area contributed by atoms with Crippen molar-refractivity contribution >= 4 is 17.4 Å². The van der Waals surface area contributed by atoms with Crippen LogP contribution in [0.1, 0.15) is 11.1 Å². The zero-order valence-corrected chi connectivity index (χ0v) is 10.9. The Hall–Kier alpha value is -2.46. The predicted octanol–water partition coefficient (Wildman–Crippen LogP) is 1.47. The number of carbonyl (C=O) groups excluding carboxylic acids is 2. The molecule has 4 heteroatoms. The number of carbonyl (C=O) groups is 2. The third kappa shape index (κ3) is 1.52. The fourth-order valence-corrected chi connectivity index (χ4v) is 2.58. The number of amides is 1. The molecular formula is C16H13NO3. The molecule has 1 aliphatic heterocycles. The summed E-state index contributed by atoms with van der Waals surface area (Å²) in [6.07, 6.45) is 0. The van der Waals surface area contributed by atoms with Crippen LogP contribution in [0.2, 0.25) is 0 Å². The summed E-state index contributed by atoms with van der Waals surface area (Å²) < 4.78 is 0. The fraction of sp³-hybridized carbons (Fsp3) is 0.125. The second-order valence-corrected chi connectivity index (χ2v) is 4.79. The molecule has 0 aliphatic carbocycles. The molecular weight excluding hydrogens is 254 g/mol. The van der Waals surface area contributed by atoms with E-state index in [2.05, 4.69) is 0 Å². The lowest BCUT2D eigenvalue weighted by atomic mass is 9.79. The van der Waals surface area contributed by atoms with E-state index in [9.17, 15) is 14.7 Å². The van der Waals surface area contributed by atoms with Gasteiger partial charge in [-0.1, -0.05) is 48.5 Å². The first-order valence-corrected chi connectivity index (χ1v) is 6.26. The minimum Gasteiger partial charge on any atom is -0.373 e. The van der Waals surface area contributed by atoms with Gasteiger partial charge >= 0.3 is 0 Å². The summed E-state index contributed by atoms with van der Waals surface area (Å²) in [5.74, 6) is -1.54. The molecule has 0 aromatic heterocycles. The van der Waals surface area contributed by atoms with Crippen LogP contribution in [0.3, 0.4) is 0 Å². The molecule has 0 saturated heterocycles. The summed E-state index contributed by atoms with van der Waals surface area (Å²) in [5, 5.41) is 11.0. The van der Waals surface area contributed by atoms with Gasteiger partial charge in [-0.25, -0.2) is 0 Å². The van der Waals surface area contributed by atoms with Gasteiger partial charge in [0.25, 0.3) is 11.7 Å². The zero-order chi connectivity index (χ0) is 14.3. The van der Waals surface area contributed by atoms with Crippen LogP contribution in [-0.4, -0.2) is 23.8 Å². The molecule has 100 valence electrons. The van der Waals surface area contributed by atoms with Crippen molar-refractivity contribution in [2.45, 2.75) is 5.60 Å². The van der Waals surface area contributed by atoms with Crippen LogP contribution in [0.5, 0.6) is 0 Å². The van der Waals surface area contributed by atoms with Crippen molar-refractivity contribution in [1.82, 2.24) is 0 Å². The van der Waals surface area contributed by atoms with Gasteiger partial charge < -0.3 is 10.0 Å². The Kier molecular flexibility index (Phi) is 2.69. The van der Waals surface area contributed by atoms with E-state index in [1.54, 1.807) is 54.6 Å². The number of nitrogens with zero attached hydrogens (tertiary/aromatic N) is 1. The van der Waals surface area contributed by atoms with Crippen LogP contribution >= 0.6 is 0 Å². The second-order valence-electron chi connectivity index (χ2n) is 4.79. The summed E-state index contributed by atoms with van der Waals surface area (Å²) in [7, 11) is 1.53. The van der Waals surface area contributed by atoms with E-state index >= 15 is 0 Å². The highest BCUT2D eigenvalue weighted by Crippen LogP contribution is 2.40. The van der Waals surface area contributed by atoms with Crippen molar-refractivity contribution in [2.24, 2.45) is 0 Å². The monoisotopic (exact) mass is 267 g/mol. The Labute approximate surface area is 116 Å². The lowest BCUT2D eigenvalue weighted by molar-refractivity contribution is -0.147. The van der Waals surface area contributed by atoms with Crippen molar-refractivity contribution in [2.75, 3.05) is 11.9 Å². The highest BCUT2D eigenvalue weighted by Gasteiger charge is 2.50. The van der Waals surface area contributed by atoms with Gasteiger partial charge in [0.15, 0.2) is 5.60 Å². The molecule has 3 rings (SSSR count). The number of hydrogen-bond donors (Lipinski definition) is 1. The molecule has 1 aliphatic rings. The second kappa shape index (κ2) is 4.28. The summed E-state index contributed by atoms with van der Waals surface area (Å²) >= 11 is 0. The van der Waals surface area contributed by atoms with Gasteiger partial charge in [-0.2, -0.15) is 0 Å². The van der Waals surface area contributed by atoms with Crippen LogP contribution in [0.4, 0.5) is 5.69 Å². The van der Waals surface area contributed by atoms with E-state index in [1.807, 2.05) is 0 Å². The Morgan fingerprint density at radius 3 is 2.25 bits per heavy atom. The van der Waals surface area contributed by atoms with Gasteiger partial charge in [-0.15, -0.1) is 0 Å². The highest BCUT2D eigenvalue weighted by molar-refractivity contribution is 6.46. The fourth-order valence-electron chi connectivity index (χ4n) is 2.58. The largest absolute Gasteiger partial charge is 0.373 e. The number of hydrogen-bond acceptors (Lipinski definition) is 3. The molecule has 0 fully saturated rings. The van der Waals surface area contributed by atoms with Gasteiger partial charge in [0.05, 0.1) is 5.69 Å². The van der Waals surface area contributed by atoms with Crippen molar-refractivity contribution in [1.29, 1.82) is 0 Å². The van der Waals surface area contributed by atoms with Gasteiger partial charge in [0.1, 0.15) is 0 Å². The maximum Gasteiger partial charge on any atom is 0.298 e. The number of anilines is 1. The molecule has 2 aromatic carbocycles. The molecule has 0 bridgehead atoms. The molecule has 0 saturated carbocycles. The first kappa shape index (κ1) is 12.6. The maximum atomic E-state index is 12.4. The first-order valence-electron chi connectivity index (χ1n) is 6.26. The highest BCUT2D eigenvalue weighted by atomic mass is 16.3. The first-order chi connectivity index (χ1) is 9.56. The van der Waals surface area contributed by atoms with Crippen molar-refractivity contribution < 1.29 is 14.7 Å². The smallest absolute Gasteiger partial charge is 0.298 e. The average molecular weight is 267 g/mol. The Morgan fingerprint density at radius 2 is 1.55 bits per heavy atom. The number of benzene rings is 2. The molecule has 2 aromatic rings. The van der Waals surface area contributed by atoms with E-state index in [0.717, 1.165) is 0 Å². The van der Waals surface area contributed by atoms with E-state index in [-0.39, 0.29) is 0 Å². The summed E-state index contributed by atoms with van der Waals surface area (Å²) in [5.41, 5.74) is -0.540. The number of para-hydroxylation sites is 1. The Balaban J connectivity index is 2.32. The lowest BCUT2D eigenvalue weighted by Crippen LogP contribution is -2.52. The topological polar surface area (TPSA) is 57.6 Å². The third-order valence-electron chi connectivity index (χ3n) is 3.67. The Morgan fingerprint density at radius 1 is 0.950 bits per heavy atom. The molecule has 1 amide bonds. The van der Waals surface area contributed by atoms with Gasteiger partial charge in [-0.05, 0) is 11.6 Å². The van der Waals surface area contributed by atoms with E-state index < -0.39 is 17.3 Å². The van der Waals surface area contributed by atoms with Crippen molar-refractivity contribution in [3.63, 3.8) is 0 Å². The molecule has 0 radical (unpaired) electrons. The number of fused-ring (bicyclic) bond motifs is 1. The van der Waals surface area contributed by atoms with Crippen LogP contribution < -0.4 is 4.90 Å². The van der Waals surface area contributed by atoms with Gasteiger partial charge in [-0.3, -0.25) is 9.59 Å². The summed E-state index contributed by atoms with van der Waals surface area (Å²) in [6, 6.07) is 15.4. The molecule has 1 atom stereocenters. The van der Waals surface area contributed by atoms with Crippen LogP contribution in [0.25, 0.3) is 0 Å². The quantitative estimate of drug-likeness (QED) is 0.796. The molecule has 4 nitrogen and oxygen atoms in total. The molecule has 1 N–H and O–H groups in total. The lowest BCUT2D eigenvalue weighted by Gasteiger charge is -2.36. The minimum absolute atomic E-state index is 0.402. The van der Waals surface area contributed by atoms with Crippen molar-refractivity contribution in [3.8, 4) is 0 Å². The van der Waals surface area contributed by atoms with E-state index in [0.29, 0.717) is 16.8 Å². The van der Waals surface area contributed by atoms with Gasteiger partial charge in [0.2, 0.25) is 0 Å². The number of rotatable bonds is 1. The average Bonchev–Trinajstić information content (AvgIpc) is 2.51. The Bertz CT molecular complexity index is 696. The normalized spacial score (nSPS) is 21.8. The number of Topliss-reactive ketones (excluding diaryl/α,β-unsaturated/α-hetero) is 1. The zero-order valence-electron chi connectivity index (χ0n) is 10.9. The minimum atomic E-state index is -1.92. The standard InChI is InChI=1S/C16H13NO3/c1-17-13-10-6-5-9-12(13)16(20,14(18)15(17)19)11-7-3-2-4-8-11/h2-10,20H,1H3. The van der Waals surface area contributed by atoms with Crippen LogP contribution in [0.15, 0.2) is 54.6 Å². The molecule has 1 heterocycles. The van der Waals surface area contributed by atoms with Crippen molar-refractivity contribution in [3.05, 3.63) is 65.7 Å². The molecule has 1 unspecified atom stereocenters. The van der Waals surface area contributed by atoms with E-state index in [4.69, 9.17) is 0 Å². The maximum absolute atomic E-state index is 12.4.